The fraction of sp³-hybridized carbons (Fsp3) is 0.316. The van der Waals surface area contributed by atoms with Crippen molar-refractivity contribution < 1.29 is 13.7 Å². The average Bonchev–Trinajstić information content (AvgIpc) is 2.59. The van der Waals surface area contributed by atoms with Gasteiger partial charge in [-0.3, -0.25) is 9.00 Å². The van der Waals surface area contributed by atoms with Crippen LogP contribution in [0, 0.1) is 5.92 Å². The van der Waals surface area contributed by atoms with E-state index in [-0.39, 0.29) is 22.2 Å². The predicted octanol–water partition coefficient (Wildman–Crippen LogP) is 3.84. The smallest absolute Gasteiger partial charge is 0.138 e. The molecule has 0 bridgehead atoms. The molecule has 0 N–H and O–H groups in total. The summed E-state index contributed by atoms with van der Waals surface area (Å²) in [6.07, 6.45) is 0.337. The second-order valence-corrected chi connectivity index (χ2v) is 7.61. The van der Waals surface area contributed by atoms with E-state index in [9.17, 15) is 9.00 Å². The minimum Gasteiger partial charge on any atom is -0.497 e. The summed E-state index contributed by atoms with van der Waals surface area (Å²) < 4.78 is 18.3. The fourth-order valence-electron chi connectivity index (χ4n) is 3.13. The Kier molecular flexibility index (Phi) is 4.62. The molecule has 0 aromatic heterocycles. The van der Waals surface area contributed by atoms with Gasteiger partial charge in [0.25, 0.3) is 0 Å². The Balaban J connectivity index is 1.95. The number of methoxy groups -OCH3 is 1. The molecule has 1 heterocycles. The van der Waals surface area contributed by atoms with Gasteiger partial charge in [0.1, 0.15) is 11.5 Å². The Bertz CT molecular complexity index is 709. The van der Waals surface area contributed by atoms with Crippen LogP contribution in [-0.4, -0.2) is 17.1 Å². The third-order valence-corrected chi connectivity index (χ3v) is 6.68. The van der Waals surface area contributed by atoms with Gasteiger partial charge in [-0.1, -0.05) is 49.4 Å². The van der Waals surface area contributed by atoms with Crippen molar-refractivity contribution in [2.75, 3.05) is 7.11 Å². The van der Waals surface area contributed by atoms with E-state index < -0.39 is 10.8 Å². The van der Waals surface area contributed by atoms with Crippen LogP contribution in [0.5, 0.6) is 5.75 Å². The first-order valence-corrected chi connectivity index (χ1v) is 9.00. The lowest BCUT2D eigenvalue weighted by molar-refractivity contribution is -0.122. The van der Waals surface area contributed by atoms with Crippen molar-refractivity contribution in [3.63, 3.8) is 0 Å². The van der Waals surface area contributed by atoms with E-state index in [2.05, 4.69) is 0 Å². The van der Waals surface area contributed by atoms with Gasteiger partial charge < -0.3 is 4.74 Å². The first-order valence-electron chi connectivity index (χ1n) is 7.73. The molecular formula is C19H20O3S. The molecule has 0 saturated carbocycles. The molecule has 3 nitrogen and oxygen atoms in total. The zero-order valence-electron chi connectivity index (χ0n) is 13.3. The van der Waals surface area contributed by atoms with E-state index in [0.717, 1.165) is 16.9 Å². The maximum atomic E-state index is 13.2. The first-order chi connectivity index (χ1) is 11.1. The number of ether oxygens (including phenoxy) is 1. The van der Waals surface area contributed by atoms with Crippen LogP contribution in [0.2, 0.25) is 0 Å². The van der Waals surface area contributed by atoms with Crippen LogP contribution in [0.3, 0.4) is 0 Å². The molecule has 1 aliphatic rings. The highest BCUT2D eigenvalue weighted by Crippen LogP contribution is 2.43. The summed E-state index contributed by atoms with van der Waals surface area (Å²) in [5, 5.41) is -0.501. The van der Waals surface area contributed by atoms with E-state index in [0.29, 0.717) is 6.42 Å². The molecule has 2 aromatic rings. The van der Waals surface area contributed by atoms with Gasteiger partial charge in [0.2, 0.25) is 0 Å². The Morgan fingerprint density at radius 2 is 1.65 bits per heavy atom. The fourth-order valence-corrected chi connectivity index (χ4v) is 5.22. The number of carbonyl (C=O) groups excluding carboxylic acids is 1. The summed E-state index contributed by atoms with van der Waals surface area (Å²) in [6.45, 7) is 1.89. The van der Waals surface area contributed by atoms with E-state index in [1.165, 1.54) is 0 Å². The van der Waals surface area contributed by atoms with Gasteiger partial charge in [-0.05, 0) is 23.3 Å². The highest BCUT2D eigenvalue weighted by atomic mass is 32.2. The van der Waals surface area contributed by atoms with Crippen LogP contribution in [0.15, 0.2) is 54.6 Å². The highest BCUT2D eigenvalue weighted by molar-refractivity contribution is 7.85. The Labute approximate surface area is 139 Å². The molecule has 2 unspecified atom stereocenters. The lowest BCUT2D eigenvalue weighted by atomic mass is 9.91. The molecule has 4 atom stereocenters. The van der Waals surface area contributed by atoms with E-state index >= 15 is 0 Å². The van der Waals surface area contributed by atoms with E-state index in [1.807, 2.05) is 61.5 Å². The number of benzene rings is 2. The molecule has 2 aromatic carbocycles. The van der Waals surface area contributed by atoms with Gasteiger partial charge >= 0.3 is 0 Å². The third-order valence-electron chi connectivity index (χ3n) is 4.49. The molecule has 0 radical (unpaired) electrons. The van der Waals surface area contributed by atoms with Crippen LogP contribution in [-0.2, 0) is 15.6 Å². The van der Waals surface area contributed by atoms with Gasteiger partial charge in [-0.15, -0.1) is 0 Å². The second-order valence-electron chi connectivity index (χ2n) is 5.88. The van der Waals surface area contributed by atoms with Crippen LogP contribution in [0.4, 0.5) is 0 Å². The van der Waals surface area contributed by atoms with Gasteiger partial charge in [0.15, 0.2) is 0 Å². The molecule has 1 fully saturated rings. The summed E-state index contributed by atoms with van der Waals surface area (Å²) in [5.41, 5.74) is 1.91. The number of rotatable bonds is 3. The molecule has 23 heavy (non-hydrogen) atoms. The third kappa shape index (κ3) is 3.08. The van der Waals surface area contributed by atoms with Crippen LogP contribution >= 0.6 is 0 Å². The quantitative estimate of drug-likeness (QED) is 0.860. The maximum absolute atomic E-state index is 13.2. The van der Waals surface area contributed by atoms with Gasteiger partial charge in [0, 0.05) is 23.1 Å². The summed E-state index contributed by atoms with van der Waals surface area (Å²) in [6, 6.07) is 17.2. The Morgan fingerprint density at radius 3 is 2.26 bits per heavy atom. The van der Waals surface area contributed by atoms with Crippen molar-refractivity contribution >= 4 is 16.6 Å². The molecule has 120 valence electrons. The predicted molar refractivity (Wildman–Crippen MR) is 91.8 cm³/mol. The lowest BCUT2D eigenvalue weighted by Gasteiger charge is -2.33. The van der Waals surface area contributed by atoms with Gasteiger partial charge in [-0.2, -0.15) is 0 Å². The topological polar surface area (TPSA) is 43.4 Å². The first kappa shape index (κ1) is 15.9. The zero-order valence-corrected chi connectivity index (χ0v) is 14.1. The summed E-state index contributed by atoms with van der Waals surface area (Å²) in [5.74, 6) is 0.724. The molecule has 1 saturated heterocycles. The Morgan fingerprint density at radius 1 is 1.00 bits per heavy atom. The number of hydrogen-bond acceptors (Lipinski definition) is 3. The normalized spacial score (nSPS) is 27.7. The number of Topliss-reactive ketones (excluding diaryl/α,β-unsaturated/α-hetero) is 1. The highest BCUT2D eigenvalue weighted by Gasteiger charge is 2.41. The van der Waals surface area contributed by atoms with Crippen LogP contribution in [0.1, 0.15) is 35.0 Å². The Hall–Kier alpha value is -1.94. The zero-order chi connectivity index (χ0) is 16.4. The largest absolute Gasteiger partial charge is 0.497 e. The van der Waals surface area contributed by atoms with E-state index in [4.69, 9.17) is 4.74 Å². The average molecular weight is 328 g/mol. The van der Waals surface area contributed by atoms with Crippen molar-refractivity contribution in [3.05, 3.63) is 65.7 Å². The second kappa shape index (κ2) is 6.67. The monoisotopic (exact) mass is 328 g/mol. The summed E-state index contributed by atoms with van der Waals surface area (Å²) in [4.78, 5) is 12.5. The number of ketones is 1. The lowest BCUT2D eigenvalue weighted by Crippen LogP contribution is -2.33. The van der Waals surface area contributed by atoms with E-state index in [1.54, 1.807) is 7.11 Å². The van der Waals surface area contributed by atoms with Gasteiger partial charge in [0.05, 0.1) is 17.6 Å². The SMILES string of the molecule is COc1ccc(C2CC(=O)[C@@H](C)[C@H](c3ccccc3)S2=O)cc1. The molecule has 0 aliphatic carbocycles. The standard InChI is InChI=1S/C19H20O3S/c1-13-17(20)12-18(14-8-10-16(22-2)11-9-14)23(21)19(13)15-6-4-3-5-7-15/h3-11,13,18-19H,12H2,1-2H3/t13-,18?,19-,23?/m1/s1. The molecule has 1 aliphatic heterocycles. The van der Waals surface area contributed by atoms with Crippen LogP contribution < -0.4 is 4.74 Å². The van der Waals surface area contributed by atoms with Crippen LogP contribution in [0.25, 0.3) is 0 Å². The molecule has 0 spiro atoms. The van der Waals surface area contributed by atoms with Crippen molar-refractivity contribution in [3.8, 4) is 5.75 Å². The molecule has 4 heteroatoms. The number of carbonyl (C=O) groups is 1. The molecule has 0 amide bonds. The minimum absolute atomic E-state index is 0.180. The maximum Gasteiger partial charge on any atom is 0.138 e. The minimum atomic E-state index is -1.14. The van der Waals surface area contributed by atoms with Crippen molar-refractivity contribution in [2.24, 2.45) is 5.92 Å². The summed E-state index contributed by atoms with van der Waals surface area (Å²) in [7, 11) is 0.477. The van der Waals surface area contributed by atoms with Gasteiger partial charge in [-0.25, -0.2) is 0 Å². The van der Waals surface area contributed by atoms with Crippen molar-refractivity contribution in [1.82, 2.24) is 0 Å². The molecular weight excluding hydrogens is 308 g/mol. The van der Waals surface area contributed by atoms with Crippen molar-refractivity contribution in [2.45, 2.75) is 23.8 Å². The number of hydrogen-bond donors (Lipinski definition) is 0. The summed E-state index contributed by atoms with van der Waals surface area (Å²) >= 11 is 0. The van der Waals surface area contributed by atoms with Crippen molar-refractivity contribution in [1.29, 1.82) is 0 Å². The molecule has 3 rings (SSSR count).